The zero-order chi connectivity index (χ0) is 41.3. The molecule has 0 saturated carbocycles. The molecule has 0 unspecified atom stereocenters. The van der Waals surface area contributed by atoms with Crippen LogP contribution in [-0.4, -0.2) is 11.7 Å². The Bertz CT molecular complexity index is 2710. The Morgan fingerprint density at radius 3 is 1.88 bits per heavy atom. The monoisotopic (exact) mass is 781 g/mol. The molecule has 0 bridgehead atoms. The van der Waals surface area contributed by atoms with Crippen LogP contribution in [-0.2, 0) is 32.5 Å². The summed E-state index contributed by atoms with van der Waals surface area (Å²) >= 11 is 1.93. The molecular formula is C53H60BN3S. The molecule has 2 aromatic heterocycles. The molecule has 4 aliphatic rings. The van der Waals surface area contributed by atoms with Crippen molar-refractivity contribution in [3.63, 3.8) is 0 Å². The molecule has 0 spiro atoms. The number of pyridine rings is 1. The molecule has 0 radical (unpaired) electrons. The van der Waals surface area contributed by atoms with E-state index < -0.39 is 0 Å². The van der Waals surface area contributed by atoms with Crippen LogP contribution in [0.25, 0.3) is 10.1 Å². The van der Waals surface area contributed by atoms with Crippen LogP contribution in [0.15, 0.2) is 85.1 Å². The van der Waals surface area contributed by atoms with Crippen molar-refractivity contribution >= 4 is 78.1 Å². The van der Waals surface area contributed by atoms with Gasteiger partial charge in [-0.05, 0) is 131 Å². The first-order valence-corrected chi connectivity index (χ1v) is 22.4. The van der Waals surface area contributed by atoms with Crippen molar-refractivity contribution < 1.29 is 0 Å². The summed E-state index contributed by atoms with van der Waals surface area (Å²) in [5.74, 6) is 1.05. The summed E-state index contributed by atoms with van der Waals surface area (Å²) in [4.78, 5) is 10.7. The lowest BCUT2D eigenvalue weighted by atomic mass is 9.33. The van der Waals surface area contributed by atoms with Crippen LogP contribution < -0.4 is 26.2 Å². The van der Waals surface area contributed by atoms with Crippen LogP contribution in [0.2, 0.25) is 0 Å². The molecular weight excluding hydrogens is 721 g/mol. The van der Waals surface area contributed by atoms with Gasteiger partial charge in [0.15, 0.2) is 0 Å². The third-order valence-corrected chi connectivity index (χ3v) is 15.5. The van der Waals surface area contributed by atoms with Gasteiger partial charge in [-0.2, -0.15) is 0 Å². The smallest absolute Gasteiger partial charge is 0.256 e. The Kier molecular flexibility index (Phi) is 7.63. The number of hydrogen-bond donors (Lipinski definition) is 0. The number of rotatable bonds is 2. The fourth-order valence-corrected chi connectivity index (χ4v) is 13.5. The van der Waals surface area contributed by atoms with E-state index in [0.29, 0.717) is 0 Å². The Morgan fingerprint density at radius 2 is 1.22 bits per heavy atom. The van der Waals surface area contributed by atoms with Crippen LogP contribution in [0.4, 0.5) is 33.6 Å². The summed E-state index contributed by atoms with van der Waals surface area (Å²) in [6.07, 6.45) is 4.32. The fourth-order valence-electron chi connectivity index (χ4n) is 12.3. The summed E-state index contributed by atoms with van der Waals surface area (Å²) < 4.78 is 1.33. The zero-order valence-electron chi connectivity index (χ0n) is 37.3. The first kappa shape index (κ1) is 37.9. The van der Waals surface area contributed by atoms with E-state index in [0.717, 1.165) is 24.3 Å². The molecule has 5 heteroatoms. The average molecular weight is 782 g/mol. The minimum atomic E-state index is -0.0169. The van der Waals surface area contributed by atoms with Gasteiger partial charge >= 0.3 is 0 Å². The topological polar surface area (TPSA) is 19.4 Å². The molecule has 58 heavy (non-hydrogen) atoms. The van der Waals surface area contributed by atoms with Gasteiger partial charge in [0.25, 0.3) is 6.71 Å². The summed E-state index contributed by atoms with van der Waals surface area (Å²) in [6.45, 7) is 33.7. The molecule has 0 atom stereocenters. The van der Waals surface area contributed by atoms with Gasteiger partial charge in [0.2, 0.25) is 0 Å². The van der Waals surface area contributed by atoms with E-state index in [2.05, 4.69) is 192 Å². The lowest BCUT2D eigenvalue weighted by Gasteiger charge is -2.45. The Balaban J connectivity index is 1.36. The molecule has 0 fully saturated rings. The summed E-state index contributed by atoms with van der Waals surface area (Å²) in [5, 5.41) is 2.66. The predicted octanol–water partition coefficient (Wildman–Crippen LogP) is 12.9. The van der Waals surface area contributed by atoms with Crippen LogP contribution in [0, 0.1) is 0 Å². The second kappa shape index (κ2) is 11.7. The quantitative estimate of drug-likeness (QED) is 0.163. The Hall–Kier alpha value is -4.35. The third kappa shape index (κ3) is 5.20. The number of fused-ring (bicyclic) bond motifs is 9. The molecule has 3 nitrogen and oxygen atoms in total. The van der Waals surface area contributed by atoms with Crippen molar-refractivity contribution in [2.45, 2.75) is 142 Å². The van der Waals surface area contributed by atoms with Gasteiger partial charge in [0, 0.05) is 28.0 Å². The van der Waals surface area contributed by atoms with Crippen LogP contribution >= 0.6 is 11.3 Å². The third-order valence-electron chi connectivity index (χ3n) is 14.4. The van der Waals surface area contributed by atoms with Crippen LogP contribution in [0.1, 0.15) is 143 Å². The van der Waals surface area contributed by atoms with Gasteiger partial charge in [-0.25, -0.2) is 4.98 Å². The first-order valence-electron chi connectivity index (χ1n) is 21.6. The largest absolute Gasteiger partial charge is 0.311 e. The maximum Gasteiger partial charge on any atom is 0.256 e. The van der Waals surface area contributed by atoms with E-state index in [-0.39, 0.29) is 39.2 Å². The van der Waals surface area contributed by atoms with E-state index in [4.69, 9.17) is 4.98 Å². The molecule has 6 aromatic rings. The highest BCUT2D eigenvalue weighted by Gasteiger charge is 2.53. The lowest BCUT2D eigenvalue weighted by molar-refractivity contribution is 0.403. The molecule has 10 rings (SSSR count). The molecule has 2 aliphatic carbocycles. The number of thiophene rings is 1. The molecule has 4 heterocycles. The number of anilines is 6. The van der Waals surface area contributed by atoms with Gasteiger partial charge < -0.3 is 4.90 Å². The zero-order valence-corrected chi connectivity index (χ0v) is 38.1. The molecule has 2 aliphatic heterocycles. The minimum Gasteiger partial charge on any atom is -0.311 e. The van der Waals surface area contributed by atoms with Gasteiger partial charge in [0.1, 0.15) is 5.82 Å². The van der Waals surface area contributed by atoms with Gasteiger partial charge in [-0.15, -0.1) is 11.3 Å². The highest BCUT2D eigenvalue weighted by Crippen LogP contribution is 2.59. The van der Waals surface area contributed by atoms with Gasteiger partial charge in [-0.3, -0.25) is 4.90 Å². The number of benzene rings is 4. The SMILES string of the molecule is CC(C)(C)c1ccc(N2c3nccc4c3B(c3ccc5c(c3N4c3cccc4c3C(C)(C)CC4(C)C)C(C)(C)CC5(C)C)c3c2sc2ccc(C(C)(C)C)cc32)cc1. The molecule has 0 amide bonds. The standard InChI is InChI=1S/C53H60BN3S/c1-48(2,3)31-18-21-33(22-19-31)56-46-44-39(26-27-55-46)57(38-17-15-16-35-41(38)52(11,12)29-50(35,7)8)45-37(24-23-36-42(45)53(13,14)30-51(36,9)10)54(44)43-34-28-32(49(4,5)6)20-25-40(34)58-47(43)56/h15-28H,29-30H2,1-14H3. The van der Waals surface area contributed by atoms with Crippen LogP contribution in [0.3, 0.4) is 0 Å². The van der Waals surface area contributed by atoms with E-state index in [9.17, 15) is 0 Å². The van der Waals surface area contributed by atoms with Crippen molar-refractivity contribution in [2.75, 3.05) is 9.80 Å². The van der Waals surface area contributed by atoms with E-state index >= 15 is 0 Å². The number of aromatic nitrogens is 1. The Labute approximate surface area is 352 Å². The maximum absolute atomic E-state index is 5.42. The van der Waals surface area contributed by atoms with E-state index in [1.807, 2.05) is 11.3 Å². The van der Waals surface area contributed by atoms with Gasteiger partial charge in [-0.1, -0.05) is 145 Å². The highest BCUT2D eigenvalue weighted by molar-refractivity contribution is 7.26. The van der Waals surface area contributed by atoms with E-state index in [1.165, 1.54) is 81.9 Å². The lowest BCUT2D eigenvalue weighted by Crippen LogP contribution is -2.61. The average Bonchev–Trinajstić information content (AvgIpc) is 3.67. The minimum absolute atomic E-state index is 0.00714. The van der Waals surface area contributed by atoms with E-state index in [1.54, 1.807) is 0 Å². The predicted molar refractivity (Wildman–Crippen MR) is 252 cm³/mol. The number of nitrogens with zero attached hydrogens (tertiary/aromatic N) is 3. The van der Waals surface area contributed by atoms with Crippen LogP contribution in [0.5, 0.6) is 0 Å². The molecule has 0 N–H and O–H groups in total. The summed E-state index contributed by atoms with van der Waals surface area (Å²) in [7, 11) is 0. The second-order valence-electron chi connectivity index (χ2n) is 22.8. The maximum atomic E-state index is 5.42. The summed E-state index contributed by atoms with van der Waals surface area (Å²) in [6, 6.07) is 31.1. The molecule has 4 aromatic carbocycles. The normalized spacial score (nSPS) is 19.2. The van der Waals surface area contributed by atoms with Crippen molar-refractivity contribution in [1.82, 2.24) is 4.98 Å². The highest BCUT2D eigenvalue weighted by atomic mass is 32.1. The first-order chi connectivity index (χ1) is 27.0. The van der Waals surface area contributed by atoms with Gasteiger partial charge in [0.05, 0.1) is 10.7 Å². The van der Waals surface area contributed by atoms with Crippen molar-refractivity contribution in [2.24, 2.45) is 0 Å². The van der Waals surface area contributed by atoms with Crippen molar-refractivity contribution in [1.29, 1.82) is 0 Å². The van der Waals surface area contributed by atoms with Crippen molar-refractivity contribution in [3.05, 3.63) is 118 Å². The molecule has 296 valence electrons. The van der Waals surface area contributed by atoms with Crippen molar-refractivity contribution in [3.8, 4) is 0 Å². The number of hydrogen-bond acceptors (Lipinski definition) is 4. The summed E-state index contributed by atoms with van der Waals surface area (Å²) in [5.41, 5.74) is 18.2. The molecule has 0 saturated heterocycles. The fraction of sp³-hybridized carbons (Fsp3) is 0.415. The second-order valence-corrected chi connectivity index (χ2v) is 23.8. The Morgan fingerprint density at radius 1 is 0.603 bits per heavy atom.